The van der Waals surface area contributed by atoms with Crippen molar-refractivity contribution in [3.63, 3.8) is 0 Å². The fourth-order valence-electron chi connectivity index (χ4n) is 6.43. The van der Waals surface area contributed by atoms with Gasteiger partial charge in [-0.15, -0.1) is 0 Å². The molecule has 0 saturated heterocycles. The topological polar surface area (TPSA) is 40.9 Å². The van der Waals surface area contributed by atoms with Gasteiger partial charge in [0.2, 0.25) is 0 Å². The normalized spacial score (nSPS) is 48.8. The first-order valence-corrected chi connectivity index (χ1v) is 7.78. The molecule has 4 saturated carbocycles. The van der Waals surface area contributed by atoms with Crippen molar-refractivity contribution in [3.8, 4) is 6.07 Å². The van der Waals surface area contributed by atoms with Crippen LogP contribution in [0.1, 0.15) is 65.7 Å². The van der Waals surface area contributed by atoms with Gasteiger partial charge in [-0.3, -0.25) is 4.79 Å². The number of rotatable bonds is 3. The highest BCUT2D eigenvalue weighted by Crippen LogP contribution is 2.70. The Balaban J connectivity index is 1.97. The molecular formula is C17H25NO. The van der Waals surface area contributed by atoms with E-state index in [0.717, 1.165) is 25.2 Å². The highest BCUT2D eigenvalue weighted by atomic mass is 16.1. The zero-order valence-corrected chi connectivity index (χ0v) is 12.5. The third kappa shape index (κ3) is 1.85. The molecule has 0 N–H and O–H groups in total. The van der Waals surface area contributed by atoms with Crippen LogP contribution in [0, 0.1) is 39.4 Å². The van der Waals surface area contributed by atoms with Gasteiger partial charge in [0.05, 0.1) is 6.07 Å². The first-order valence-electron chi connectivity index (χ1n) is 7.78. The van der Waals surface area contributed by atoms with Gasteiger partial charge >= 0.3 is 0 Å². The van der Waals surface area contributed by atoms with Crippen LogP contribution in [0.5, 0.6) is 0 Å². The van der Waals surface area contributed by atoms with Crippen LogP contribution in [0.25, 0.3) is 0 Å². The van der Waals surface area contributed by atoms with Crippen LogP contribution in [0.4, 0.5) is 0 Å². The molecule has 4 aliphatic carbocycles. The molecule has 2 nitrogen and oxygen atoms in total. The Morgan fingerprint density at radius 2 is 1.79 bits per heavy atom. The van der Waals surface area contributed by atoms with Gasteiger partial charge in [-0.25, -0.2) is 0 Å². The summed E-state index contributed by atoms with van der Waals surface area (Å²) < 4.78 is 0. The minimum Gasteiger partial charge on any atom is -0.298 e. The van der Waals surface area contributed by atoms with Gasteiger partial charge in [-0.05, 0) is 61.7 Å². The molecule has 104 valence electrons. The van der Waals surface area contributed by atoms with E-state index in [0.29, 0.717) is 17.3 Å². The number of nitriles is 1. The standard InChI is InChI=1S/C17H25NO/c1-4-13(8-18)14(19)17-7-12-5-15(2,10-17)9-16(3,6-12)11-17/h12-13H,4-7,9-11H2,1-3H3. The van der Waals surface area contributed by atoms with Crippen molar-refractivity contribution < 1.29 is 4.79 Å². The number of carbonyl (C=O) groups is 1. The molecule has 0 radical (unpaired) electrons. The van der Waals surface area contributed by atoms with E-state index < -0.39 is 0 Å². The fraction of sp³-hybridized carbons (Fsp3) is 0.882. The number of hydrogen-bond acceptors (Lipinski definition) is 2. The quantitative estimate of drug-likeness (QED) is 0.765. The van der Waals surface area contributed by atoms with E-state index in [1.54, 1.807) is 0 Å². The third-order valence-corrected chi connectivity index (χ3v) is 6.03. The molecule has 4 fully saturated rings. The zero-order chi connectivity index (χ0) is 13.9. The Kier molecular flexibility index (Phi) is 2.66. The average molecular weight is 259 g/mol. The Morgan fingerprint density at radius 1 is 1.21 bits per heavy atom. The molecule has 4 bridgehead atoms. The summed E-state index contributed by atoms with van der Waals surface area (Å²) in [6.45, 7) is 6.73. The van der Waals surface area contributed by atoms with E-state index in [2.05, 4.69) is 19.9 Å². The molecule has 0 spiro atoms. The van der Waals surface area contributed by atoms with Crippen molar-refractivity contribution in [2.75, 3.05) is 0 Å². The van der Waals surface area contributed by atoms with E-state index in [4.69, 9.17) is 0 Å². The van der Waals surface area contributed by atoms with Crippen molar-refractivity contribution >= 4 is 5.78 Å². The number of Topliss-reactive ketones (excluding diaryl/α,β-unsaturated/α-hetero) is 1. The van der Waals surface area contributed by atoms with Gasteiger partial charge in [0, 0.05) is 5.41 Å². The van der Waals surface area contributed by atoms with Crippen molar-refractivity contribution in [2.24, 2.45) is 28.1 Å². The lowest BCUT2D eigenvalue weighted by molar-refractivity contribution is -0.170. The largest absolute Gasteiger partial charge is 0.298 e. The van der Waals surface area contributed by atoms with Crippen LogP contribution in [-0.2, 0) is 4.79 Å². The summed E-state index contributed by atoms with van der Waals surface area (Å²) in [5, 5.41) is 9.26. The summed E-state index contributed by atoms with van der Waals surface area (Å²) in [6, 6.07) is 2.25. The minimum absolute atomic E-state index is 0.153. The molecule has 4 aliphatic rings. The third-order valence-electron chi connectivity index (χ3n) is 6.03. The lowest BCUT2D eigenvalue weighted by Gasteiger charge is -2.65. The fourth-order valence-corrected chi connectivity index (χ4v) is 6.43. The summed E-state index contributed by atoms with van der Waals surface area (Å²) in [6.07, 6.45) is 7.73. The second-order valence-electron chi connectivity index (χ2n) is 8.36. The van der Waals surface area contributed by atoms with Gasteiger partial charge < -0.3 is 0 Å². The number of ketones is 1. The monoisotopic (exact) mass is 259 g/mol. The number of nitrogens with zero attached hydrogens (tertiary/aromatic N) is 1. The highest BCUT2D eigenvalue weighted by molar-refractivity contribution is 5.89. The summed E-state index contributed by atoms with van der Waals surface area (Å²) in [4.78, 5) is 12.9. The molecule has 3 unspecified atom stereocenters. The maximum Gasteiger partial charge on any atom is 0.156 e. The summed E-state index contributed by atoms with van der Waals surface area (Å²) in [5.41, 5.74) is 0.564. The van der Waals surface area contributed by atoms with E-state index in [1.807, 2.05) is 6.92 Å². The molecule has 3 atom stereocenters. The molecule has 4 rings (SSSR count). The summed E-state index contributed by atoms with van der Waals surface area (Å²) in [5.74, 6) is 0.633. The van der Waals surface area contributed by atoms with Crippen molar-refractivity contribution in [1.29, 1.82) is 5.26 Å². The van der Waals surface area contributed by atoms with Crippen molar-refractivity contribution in [2.45, 2.75) is 65.7 Å². The van der Waals surface area contributed by atoms with Gasteiger partial charge in [-0.2, -0.15) is 5.26 Å². The summed E-state index contributed by atoms with van der Waals surface area (Å²) >= 11 is 0. The predicted molar refractivity (Wildman–Crippen MR) is 74.2 cm³/mol. The lowest BCUT2D eigenvalue weighted by Crippen LogP contribution is -2.58. The van der Waals surface area contributed by atoms with Gasteiger partial charge in [-0.1, -0.05) is 20.8 Å². The predicted octanol–water partition coefficient (Wildman–Crippen LogP) is 4.10. The molecule has 0 aliphatic heterocycles. The Labute approximate surface area is 116 Å². The zero-order valence-electron chi connectivity index (χ0n) is 12.5. The van der Waals surface area contributed by atoms with E-state index >= 15 is 0 Å². The lowest BCUT2D eigenvalue weighted by atomic mass is 9.39. The Bertz CT molecular complexity index is 442. The van der Waals surface area contributed by atoms with E-state index in [9.17, 15) is 10.1 Å². The maximum absolute atomic E-state index is 12.9. The molecule has 0 aromatic carbocycles. The molecule has 2 heteroatoms. The van der Waals surface area contributed by atoms with E-state index in [-0.39, 0.29) is 17.1 Å². The number of carbonyl (C=O) groups excluding carboxylic acids is 1. The first-order chi connectivity index (χ1) is 8.84. The first kappa shape index (κ1) is 13.2. The second-order valence-corrected chi connectivity index (χ2v) is 8.36. The van der Waals surface area contributed by atoms with Gasteiger partial charge in [0.15, 0.2) is 5.78 Å². The molecule has 0 amide bonds. The Hall–Kier alpha value is -0.840. The van der Waals surface area contributed by atoms with Crippen LogP contribution in [0.15, 0.2) is 0 Å². The molecular weight excluding hydrogens is 234 g/mol. The molecule has 0 aromatic heterocycles. The van der Waals surface area contributed by atoms with Gasteiger partial charge in [0.25, 0.3) is 0 Å². The van der Waals surface area contributed by atoms with E-state index in [1.165, 1.54) is 19.3 Å². The molecule has 0 heterocycles. The average Bonchev–Trinajstić information content (AvgIpc) is 2.25. The van der Waals surface area contributed by atoms with Crippen molar-refractivity contribution in [3.05, 3.63) is 0 Å². The second kappa shape index (κ2) is 3.84. The number of hydrogen-bond donors (Lipinski definition) is 0. The van der Waals surface area contributed by atoms with Crippen LogP contribution in [0.2, 0.25) is 0 Å². The highest BCUT2D eigenvalue weighted by Gasteiger charge is 2.63. The smallest absolute Gasteiger partial charge is 0.156 e. The van der Waals surface area contributed by atoms with Crippen LogP contribution in [0.3, 0.4) is 0 Å². The Morgan fingerprint density at radius 3 is 2.21 bits per heavy atom. The molecule has 0 aromatic rings. The maximum atomic E-state index is 12.9. The molecule has 19 heavy (non-hydrogen) atoms. The van der Waals surface area contributed by atoms with Gasteiger partial charge in [0.1, 0.15) is 5.92 Å². The summed E-state index contributed by atoms with van der Waals surface area (Å²) in [7, 11) is 0. The van der Waals surface area contributed by atoms with Crippen molar-refractivity contribution in [1.82, 2.24) is 0 Å². The van der Waals surface area contributed by atoms with Crippen LogP contribution in [-0.4, -0.2) is 5.78 Å². The van der Waals surface area contributed by atoms with Crippen LogP contribution < -0.4 is 0 Å². The SMILES string of the molecule is CCC(C#N)C(=O)C12CC3CC(C)(CC(C)(C3)C1)C2. The van der Waals surface area contributed by atoms with Crippen LogP contribution >= 0.6 is 0 Å². The minimum atomic E-state index is -0.372.